The molecule has 5 nitrogen and oxygen atoms in total. The highest BCUT2D eigenvalue weighted by atomic mass is 16.3. The van der Waals surface area contributed by atoms with Crippen LogP contribution in [0.25, 0.3) is 39.2 Å². The Hall–Kier alpha value is -3.86. The first-order chi connectivity index (χ1) is 18.1. The number of aromatic hydroxyl groups is 1. The van der Waals surface area contributed by atoms with Gasteiger partial charge in [-0.3, -0.25) is 0 Å². The van der Waals surface area contributed by atoms with Crippen LogP contribution in [0, 0.1) is 0 Å². The summed E-state index contributed by atoms with van der Waals surface area (Å²) in [5, 5.41) is 16.0. The van der Waals surface area contributed by atoms with Crippen LogP contribution in [-0.2, 0) is 16.2 Å². The zero-order chi connectivity index (χ0) is 28.3. The summed E-state index contributed by atoms with van der Waals surface area (Å²) in [6, 6.07) is 19.0. The number of hydrogen-bond donors (Lipinski definition) is 2. The van der Waals surface area contributed by atoms with Gasteiger partial charge in [0.15, 0.2) is 0 Å². The highest BCUT2D eigenvalue weighted by Gasteiger charge is 2.27. The van der Waals surface area contributed by atoms with Gasteiger partial charge in [-0.15, -0.1) is 0 Å². The van der Waals surface area contributed by atoms with Gasteiger partial charge in [0.25, 0.3) is 0 Å². The van der Waals surface area contributed by atoms with Crippen molar-refractivity contribution in [1.29, 1.82) is 0 Å². The zero-order valence-electron chi connectivity index (χ0n) is 24.6. The van der Waals surface area contributed by atoms with Gasteiger partial charge < -0.3 is 10.1 Å². The molecule has 39 heavy (non-hydrogen) atoms. The molecule has 5 aromatic rings. The molecular weight excluding hydrogens is 480 g/mol. The normalized spacial score (nSPS) is 12.8. The maximum atomic E-state index is 11.5. The first-order valence-corrected chi connectivity index (χ1v) is 13.7. The van der Waals surface area contributed by atoms with E-state index in [9.17, 15) is 5.11 Å². The maximum absolute atomic E-state index is 11.5. The topological polar surface area (TPSA) is 66.7 Å². The number of para-hydroxylation sites is 1. The molecule has 5 heteroatoms. The Morgan fingerprint density at radius 3 is 2.05 bits per heavy atom. The van der Waals surface area contributed by atoms with E-state index in [1.807, 2.05) is 23.0 Å². The average Bonchev–Trinajstić information content (AvgIpc) is 3.52. The number of H-pyrrole nitrogens is 1. The second-order valence-corrected chi connectivity index (χ2v) is 13.7. The number of aromatic nitrogens is 4. The number of rotatable bonds is 3. The van der Waals surface area contributed by atoms with Crippen LogP contribution in [0.15, 0.2) is 67.0 Å². The molecule has 0 fully saturated rings. The fourth-order valence-electron chi connectivity index (χ4n) is 4.97. The van der Waals surface area contributed by atoms with Gasteiger partial charge in [-0.1, -0.05) is 86.6 Å². The van der Waals surface area contributed by atoms with Gasteiger partial charge in [-0.2, -0.15) is 5.10 Å². The zero-order valence-corrected chi connectivity index (χ0v) is 24.6. The number of nitrogens with zero attached hydrogens (tertiary/aromatic N) is 3. The van der Waals surface area contributed by atoms with Crippen molar-refractivity contribution in [3.8, 4) is 34.0 Å². The van der Waals surface area contributed by atoms with E-state index in [0.29, 0.717) is 5.82 Å². The van der Waals surface area contributed by atoms with Crippen molar-refractivity contribution in [2.45, 2.75) is 78.6 Å². The largest absolute Gasteiger partial charge is 0.507 e. The van der Waals surface area contributed by atoms with Crippen LogP contribution >= 0.6 is 0 Å². The predicted octanol–water partition coefficient (Wildman–Crippen LogP) is 8.68. The second kappa shape index (κ2) is 9.11. The summed E-state index contributed by atoms with van der Waals surface area (Å²) in [4.78, 5) is 8.63. The summed E-state index contributed by atoms with van der Waals surface area (Å²) in [6.07, 6.45) is 3.77. The summed E-state index contributed by atoms with van der Waals surface area (Å²) in [7, 11) is 0. The SMILES string of the molecule is CC(C)(C)c1cc(-c2cccc3[nH]c(-c4cc(C(C)(C)C)cc(C(C)(C)C)c4O)nc23)cc(-n2cccn2)c1. The molecule has 0 atom stereocenters. The van der Waals surface area contributed by atoms with Crippen LogP contribution in [0.3, 0.4) is 0 Å². The molecule has 0 saturated carbocycles. The number of imidazole rings is 1. The predicted molar refractivity (Wildman–Crippen MR) is 162 cm³/mol. The van der Waals surface area contributed by atoms with Crippen molar-refractivity contribution in [2.75, 3.05) is 0 Å². The van der Waals surface area contributed by atoms with E-state index in [0.717, 1.165) is 39.0 Å². The minimum absolute atomic E-state index is 0.0366. The van der Waals surface area contributed by atoms with Crippen LogP contribution in [0.1, 0.15) is 79.0 Å². The number of hydrogen-bond acceptors (Lipinski definition) is 3. The van der Waals surface area contributed by atoms with Crippen molar-refractivity contribution in [1.82, 2.24) is 19.7 Å². The number of phenolic OH excluding ortho intramolecular Hbond substituents is 1. The van der Waals surface area contributed by atoms with E-state index in [1.54, 1.807) is 6.20 Å². The number of fused-ring (bicyclic) bond motifs is 1. The monoisotopic (exact) mass is 520 g/mol. The van der Waals surface area contributed by atoms with E-state index < -0.39 is 0 Å². The fraction of sp³-hybridized carbons (Fsp3) is 0.353. The van der Waals surface area contributed by atoms with E-state index >= 15 is 0 Å². The molecule has 5 rings (SSSR count). The summed E-state index contributed by atoms with van der Waals surface area (Å²) in [6.45, 7) is 19.7. The molecule has 0 aliphatic heterocycles. The van der Waals surface area contributed by atoms with Crippen LogP contribution < -0.4 is 0 Å². The summed E-state index contributed by atoms with van der Waals surface area (Å²) in [5.41, 5.74) is 8.67. The smallest absolute Gasteiger partial charge is 0.142 e. The number of phenols is 1. The Labute approximate surface area is 231 Å². The van der Waals surface area contributed by atoms with E-state index in [1.165, 1.54) is 11.1 Å². The Kier molecular flexibility index (Phi) is 6.25. The second-order valence-electron chi connectivity index (χ2n) is 13.7. The first-order valence-electron chi connectivity index (χ1n) is 13.7. The molecular formula is C34H40N4O. The fourth-order valence-corrected chi connectivity index (χ4v) is 4.97. The Morgan fingerprint density at radius 1 is 0.744 bits per heavy atom. The molecule has 0 aliphatic rings. The Bertz CT molecular complexity index is 1650. The van der Waals surface area contributed by atoms with Crippen LogP contribution in [0.2, 0.25) is 0 Å². The van der Waals surface area contributed by atoms with Crippen molar-refractivity contribution >= 4 is 11.0 Å². The van der Waals surface area contributed by atoms with Crippen molar-refractivity contribution < 1.29 is 5.11 Å². The molecule has 0 amide bonds. The molecule has 3 aromatic carbocycles. The highest BCUT2D eigenvalue weighted by molar-refractivity contribution is 5.94. The van der Waals surface area contributed by atoms with Gasteiger partial charge in [-0.05, 0) is 63.3 Å². The summed E-state index contributed by atoms with van der Waals surface area (Å²) in [5.74, 6) is 0.956. The molecule has 2 heterocycles. The summed E-state index contributed by atoms with van der Waals surface area (Å²) < 4.78 is 1.90. The lowest BCUT2D eigenvalue weighted by Crippen LogP contribution is -2.17. The third-order valence-electron chi connectivity index (χ3n) is 7.42. The number of benzene rings is 3. The van der Waals surface area contributed by atoms with Crippen LogP contribution in [0.5, 0.6) is 5.75 Å². The molecule has 2 aromatic heterocycles. The maximum Gasteiger partial charge on any atom is 0.142 e. The van der Waals surface area contributed by atoms with Gasteiger partial charge in [0, 0.05) is 23.5 Å². The lowest BCUT2D eigenvalue weighted by molar-refractivity contribution is 0.446. The standard InChI is InChI=1S/C34H40N4O/c1-32(2,3)22-16-21(17-24(18-22)38-15-11-14-35-38)25-12-10-13-28-29(25)37-31(36-28)26-19-23(33(4,5)6)20-27(30(26)39)34(7,8)9/h10-20,39H,1-9H3,(H,36,37). The molecule has 0 bridgehead atoms. The minimum Gasteiger partial charge on any atom is -0.507 e. The Morgan fingerprint density at radius 2 is 1.44 bits per heavy atom. The quantitative estimate of drug-likeness (QED) is 0.250. The highest BCUT2D eigenvalue weighted by Crippen LogP contribution is 2.42. The van der Waals surface area contributed by atoms with Crippen molar-refractivity contribution in [3.05, 3.63) is 83.7 Å². The molecule has 0 saturated heterocycles. The Balaban J connectivity index is 1.73. The van der Waals surface area contributed by atoms with E-state index in [-0.39, 0.29) is 22.0 Å². The first kappa shape index (κ1) is 26.7. The van der Waals surface area contributed by atoms with E-state index in [4.69, 9.17) is 4.98 Å². The van der Waals surface area contributed by atoms with Crippen molar-refractivity contribution in [2.24, 2.45) is 0 Å². The molecule has 0 unspecified atom stereocenters. The molecule has 0 radical (unpaired) electrons. The molecule has 2 N–H and O–H groups in total. The van der Waals surface area contributed by atoms with Crippen molar-refractivity contribution in [3.63, 3.8) is 0 Å². The lowest BCUT2D eigenvalue weighted by atomic mass is 9.79. The van der Waals surface area contributed by atoms with Gasteiger partial charge in [0.2, 0.25) is 0 Å². The molecule has 0 spiro atoms. The number of nitrogens with one attached hydrogen (secondary N) is 1. The van der Waals surface area contributed by atoms with Gasteiger partial charge >= 0.3 is 0 Å². The third kappa shape index (κ3) is 5.10. The molecule has 202 valence electrons. The lowest BCUT2D eigenvalue weighted by Gasteiger charge is -2.27. The van der Waals surface area contributed by atoms with Gasteiger partial charge in [-0.25, -0.2) is 9.67 Å². The average molecular weight is 521 g/mol. The minimum atomic E-state index is -0.215. The van der Waals surface area contributed by atoms with Crippen LogP contribution in [0.4, 0.5) is 0 Å². The third-order valence-corrected chi connectivity index (χ3v) is 7.42. The summed E-state index contributed by atoms with van der Waals surface area (Å²) >= 11 is 0. The van der Waals surface area contributed by atoms with Gasteiger partial charge in [0.1, 0.15) is 11.6 Å². The van der Waals surface area contributed by atoms with Gasteiger partial charge in [0.05, 0.1) is 22.3 Å². The van der Waals surface area contributed by atoms with Crippen LogP contribution in [-0.4, -0.2) is 24.9 Å². The molecule has 0 aliphatic carbocycles. The number of aromatic amines is 1. The van der Waals surface area contributed by atoms with E-state index in [2.05, 4.69) is 115 Å².